The first-order chi connectivity index (χ1) is 6.68. The molecule has 1 heterocycles. The van der Waals surface area contributed by atoms with Crippen molar-refractivity contribution in [1.82, 2.24) is 10.6 Å². The molecule has 0 aromatic heterocycles. The lowest BCUT2D eigenvalue weighted by molar-refractivity contribution is -0.119. The van der Waals surface area contributed by atoms with Gasteiger partial charge in [-0.15, -0.1) is 0 Å². The van der Waals surface area contributed by atoms with Crippen molar-refractivity contribution in [2.75, 3.05) is 19.7 Å². The molecule has 1 fully saturated rings. The monoisotopic (exact) mass is 201 g/mol. The van der Waals surface area contributed by atoms with E-state index in [-0.39, 0.29) is 18.6 Å². The van der Waals surface area contributed by atoms with E-state index in [1.807, 2.05) is 0 Å². The first-order valence-corrected chi connectivity index (χ1v) is 4.61. The van der Waals surface area contributed by atoms with Gasteiger partial charge in [-0.1, -0.05) is 0 Å². The number of carbonyl (C=O) groups excluding carboxylic acids is 2. The second kappa shape index (κ2) is 5.43. The van der Waals surface area contributed by atoms with Gasteiger partial charge in [0.2, 0.25) is 5.91 Å². The average Bonchev–Trinajstić information content (AvgIpc) is 2.50. The van der Waals surface area contributed by atoms with Crippen molar-refractivity contribution in [2.24, 2.45) is 5.73 Å². The summed E-state index contributed by atoms with van der Waals surface area (Å²) in [5, 5.41) is 5.88. The van der Waals surface area contributed by atoms with Crippen LogP contribution in [0.25, 0.3) is 0 Å². The molecule has 0 aromatic carbocycles. The molecule has 1 saturated heterocycles. The zero-order chi connectivity index (χ0) is 10.4. The summed E-state index contributed by atoms with van der Waals surface area (Å²) in [6, 6.07) is 0.205. The Morgan fingerprint density at radius 1 is 1.71 bits per heavy atom. The van der Waals surface area contributed by atoms with E-state index in [0.717, 1.165) is 6.42 Å². The fourth-order valence-electron chi connectivity index (χ4n) is 1.33. The Bertz CT molecular complexity index is 220. The van der Waals surface area contributed by atoms with Crippen molar-refractivity contribution < 1.29 is 14.3 Å². The summed E-state index contributed by atoms with van der Waals surface area (Å²) in [5.74, 6) is 0.102. The van der Waals surface area contributed by atoms with E-state index < -0.39 is 6.09 Å². The van der Waals surface area contributed by atoms with Crippen LogP contribution in [0.5, 0.6) is 0 Å². The van der Waals surface area contributed by atoms with Crippen LogP contribution in [0, 0.1) is 0 Å². The third-order valence-electron chi connectivity index (χ3n) is 2.00. The van der Waals surface area contributed by atoms with Gasteiger partial charge >= 0.3 is 6.09 Å². The molecule has 1 aliphatic heterocycles. The van der Waals surface area contributed by atoms with E-state index in [9.17, 15) is 9.59 Å². The molecule has 1 rings (SSSR count). The lowest BCUT2D eigenvalue weighted by Crippen LogP contribution is -2.37. The molecule has 6 nitrogen and oxygen atoms in total. The van der Waals surface area contributed by atoms with E-state index in [2.05, 4.69) is 15.4 Å². The number of rotatable bonds is 5. The minimum Gasteiger partial charge on any atom is -0.448 e. The Balaban J connectivity index is 1.94. The molecular formula is C8H15N3O3. The summed E-state index contributed by atoms with van der Waals surface area (Å²) in [6.45, 7) is 1.51. The minimum absolute atomic E-state index is 0.102. The molecule has 2 amide bonds. The summed E-state index contributed by atoms with van der Waals surface area (Å²) >= 11 is 0. The van der Waals surface area contributed by atoms with Crippen molar-refractivity contribution in [3.63, 3.8) is 0 Å². The molecule has 0 radical (unpaired) electrons. The summed E-state index contributed by atoms with van der Waals surface area (Å²) < 4.78 is 4.52. The fraction of sp³-hybridized carbons (Fsp3) is 0.750. The Morgan fingerprint density at radius 2 is 2.50 bits per heavy atom. The van der Waals surface area contributed by atoms with Crippen molar-refractivity contribution in [3.8, 4) is 0 Å². The lowest BCUT2D eigenvalue weighted by atomic mass is 10.2. The number of nitrogens with one attached hydrogen (secondary N) is 2. The molecule has 0 aromatic rings. The Hall–Kier alpha value is -1.30. The molecule has 1 unspecified atom stereocenters. The highest BCUT2D eigenvalue weighted by atomic mass is 16.5. The average molecular weight is 201 g/mol. The predicted octanol–water partition coefficient (Wildman–Crippen LogP) is -1.05. The highest BCUT2D eigenvalue weighted by Gasteiger charge is 2.19. The third kappa shape index (κ3) is 4.08. The van der Waals surface area contributed by atoms with Crippen LogP contribution < -0.4 is 16.4 Å². The molecule has 0 spiro atoms. The van der Waals surface area contributed by atoms with Gasteiger partial charge in [-0.25, -0.2) is 4.79 Å². The highest BCUT2D eigenvalue weighted by Crippen LogP contribution is 2.04. The first-order valence-electron chi connectivity index (χ1n) is 4.61. The number of nitrogens with two attached hydrogens (primary N) is 1. The van der Waals surface area contributed by atoms with Gasteiger partial charge in [0.1, 0.15) is 6.61 Å². The quantitative estimate of drug-likeness (QED) is 0.495. The highest BCUT2D eigenvalue weighted by molar-refractivity contribution is 5.78. The normalized spacial score (nSPS) is 20.6. The number of hydrogen-bond acceptors (Lipinski definition) is 4. The largest absolute Gasteiger partial charge is 0.448 e. The number of ether oxygens (including phenoxy) is 1. The molecule has 14 heavy (non-hydrogen) atoms. The van der Waals surface area contributed by atoms with Crippen LogP contribution in [-0.4, -0.2) is 37.7 Å². The number of carbonyl (C=O) groups is 2. The second-order valence-corrected chi connectivity index (χ2v) is 3.17. The van der Waals surface area contributed by atoms with Crippen molar-refractivity contribution >= 4 is 12.0 Å². The van der Waals surface area contributed by atoms with E-state index >= 15 is 0 Å². The summed E-state index contributed by atoms with van der Waals surface area (Å²) in [4.78, 5) is 21.0. The Kier molecular flexibility index (Phi) is 4.18. The summed E-state index contributed by atoms with van der Waals surface area (Å²) in [5.41, 5.74) is 4.77. The van der Waals surface area contributed by atoms with Crippen molar-refractivity contribution in [3.05, 3.63) is 0 Å². The van der Waals surface area contributed by atoms with Crippen LogP contribution >= 0.6 is 0 Å². The van der Waals surface area contributed by atoms with E-state index in [0.29, 0.717) is 19.5 Å². The molecule has 6 heteroatoms. The van der Waals surface area contributed by atoms with E-state index in [1.54, 1.807) is 0 Å². The Morgan fingerprint density at radius 3 is 3.07 bits per heavy atom. The predicted molar refractivity (Wildman–Crippen MR) is 49.6 cm³/mol. The van der Waals surface area contributed by atoms with Crippen LogP contribution in [0.3, 0.4) is 0 Å². The molecule has 1 atom stereocenters. The SMILES string of the molecule is NC(=O)OCCNCC1CCC(=O)N1. The number of primary amides is 1. The number of amides is 2. The van der Waals surface area contributed by atoms with Crippen LogP contribution in [0.4, 0.5) is 4.79 Å². The molecule has 4 N–H and O–H groups in total. The standard InChI is InChI=1S/C8H15N3O3/c9-8(13)14-4-3-10-5-6-1-2-7(12)11-6/h6,10H,1-5H2,(H2,9,13)(H,11,12). The van der Waals surface area contributed by atoms with E-state index in [1.165, 1.54) is 0 Å². The molecule has 0 saturated carbocycles. The van der Waals surface area contributed by atoms with Gasteiger partial charge in [0.05, 0.1) is 0 Å². The maximum absolute atomic E-state index is 10.8. The van der Waals surface area contributed by atoms with Gasteiger partial charge in [-0.05, 0) is 6.42 Å². The second-order valence-electron chi connectivity index (χ2n) is 3.17. The maximum Gasteiger partial charge on any atom is 0.404 e. The molecule has 1 aliphatic rings. The van der Waals surface area contributed by atoms with E-state index in [4.69, 9.17) is 5.73 Å². The molecule has 0 aliphatic carbocycles. The van der Waals surface area contributed by atoms with Gasteiger partial charge < -0.3 is 21.1 Å². The molecular weight excluding hydrogens is 186 g/mol. The summed E-state index contributed by atoms with van der Waals surface area (Å²) in [6.07, 6.45) is 0.702. The van der Waals surface area contributed by atoms with Gasteiger partial charge in [-0.2, -0.15) is 0 Å². The van der Waals surface area contributed by atoms with Gasteiger partial charge in [0.25, 0.3) is 0 Å². The zero-order valence-electron chi connectivity index (χ0n) is 7.91. The molecule has 80 valence electrons. The smallest absolute Gasteiger partial charge is 0.404 e. The minimum atomic E-state index is -0.763. The van der Waals surface area contributed by atoms with Crippen LogP contribution in [-0.2, 0) is 9.53 Å². The third-order valence-corrected chi connectivity index (χ3v) is 2.00. The van der Waals surface area contributed by atoms with Gasteiger partial charge in [-0.3, -0.25) is 4.79 Å². The van der Waals surface area contributed by atoms with Gasteiger partial charge in [0, 0.05) is 25.6 Å². The topological polar surface area (TPSA) is 93.5 Å². The van der Waals surface area contributed by atoms with Crippen LogP contribution in [0.2, 0.25) is 0 Å². The van der Waals surface area contributed by atoms with Crippen molar-refractivity contribution in [1.29, 1.82) is 0 Å². The Labute approximate surface area is 82.2 Å². The van der Waals surface area contributed by atoms with Crippen molar-refractivity contribution in [2.45, 2.75) is 18.9 Å². The molecule has 0 bridgehead atoms. The maximum atomic E-state index is 10.8. The van der Waals surface area contributed by atoms with Crippen LogP contribution in [0.15, 0.2) is 0 Å². The van der Waals surface area contributed by atoms with Crippen LogP contribution in [0.1, 0.15) is 12.8 Å². The van der Waals surface area contributed by atoms with Gasteiger partial charge in [0.15, 0.2) is 0 Å². The fourth-order valence-corrected chi connectivity index (χ4v) is 1.33. The first kappa shape index (κ1) is 10.8. The zero-order valence-corrected chi connectivity index (χ0v) is 7.91. The summed E-state index contributed by atoms with van der Waals surface area (Å²) in [7, 11) is 0. The lowest BCUT2D eigenvalue weighted by Gasteiger charge is -2.10. The number of hydrogen-bond donors (Lipinski definition) is 3.